The molecular formula is C16H21N5O. The van der Waals surface area contributed by atoms with E-state index in [1.807, 2.05) is 18.0 Å². The quantitative estimate of drug-likeness (QED) is 0.804. The van der Waals surface area contributed by atoms with E-state index in [-0.39, 0.29) is 11.9 Å². The van der Waals surface area contributed by atoms with Crippen molar-refractivity contribution in [2.75, 3.05) is 44.7 Å². The zero-order valence-corrected chi connectivity index (χ0v) is 12.9. The predicted molar refractivity (Wildman–Crippen MR) is 83.4 cm³/mol. The van der Waals surface area contributed by atoms with Crippen LogP contribution in [0.2, 0.25) is 0 Å². The van der Waals surface area contributed by atoms with Crippen molar-refractivity contribution in [1.82, 2.24) is 14.8 Å². The number of carbonyl (C=O) groups is 1. The third-order valence-electron chi connectivity index (χ3n) is 4.60. The Kier molecular flexibility index (Phi) is 4.25. The Morgan fingerprint density at radius 2 is 2.05 bits per heavy atom. The Morgan fingerprint density at radius 1 is 1.27 bits per heavy atom. The van der Waals surface area contributed by atoms with Crippen LogP contribution >= 0.6 is 0 Å². The molecule has 6 nitrogen and oxygen atoms in total. The van der Waals surface area contributed by atoms with E-state index in [9.17, 15) is 4.79 Å². The summed E-state index contributed by atoms with van der Waals surface area (Å²) < 4.78 is 0. The maximum absolute atomic E-state index is 12.6. The third kappa shape index (κ3) is 2.90. The highest BCUT2D eigenvalue weighted by atomic mass is 16.2. The lowest BCUT2D eigenvalue weighted by atomic mass is 10.1. The molecule has 2 fully saturated rings. The highest BCUT2D eigenvalue weighted by Crippen LogP contribution is 2.19. The molecule has 0 saturated carbocycles. The molecule has 2 aliphatic rings. The first-order chi connectivity index (χ1) is 10.7. The van der Waals surface area contributed by atoms with E-state index in [4.69, 9.17) is 5.26 Å². The van der Waals surface area contributed by atoms with Crippen molar-refractivity contribution in [2.24, 2.45) is 0 Å². The van der Waals surface area contributed by atoms with Crippen molar-refractivity contribution < 1.29 is 4.79 Å². The summed E-state index contributed by atoms with van der Waals surface area (Å²) in [7, 11) is 2.03. The average Bonchev–Trinajstić information content (AvgIpc) is 3.00. The molecule has 0 N–H and O–H groups in total. The second-order valence-electron chi connectivity index (χ2n) is 5.97. The number of likely N-dealkylation sites (N-methyl/N-ethyl adjacent to an activating group) is 1. The number of nitriles is 1. The molecule has 0 bridgehead atoms. The Labute approximate surface area is 130 Å². The highest BCUT2D eigenvalue weighted by Gasteiger charge is 2.32. The average molecular weight is 299 g/mol. The van der Waals surface area contributed by atoms with Crippen LogP contribution in [-0.2, 0) is 4.79 Å². The molecule has 3 heterocycles. The first-order valence-corrected chi connectivity index (χ1v) is 7.79. The summed E-state index contributed by atoms with van der Waals surface area (Å²) in [6.45, 7) is 4.09. The summed E-state index contributed by atoms with van der Waals surface area (Å²) >= 11 is 0. The number of hydrogen-bond donors (Lipinski definition) is 0. The van der Waals surface area contributed by atoms with Gasteiger partial charge in [0.2, 0.25) is 5.91 Å². The number of amides is 1. The van der Waals surface area contributed by atoms with E-state index in [0.29, 0.717) is 5.56 Å². The Bertz CT molecular complexity index is 571. The minimum atomic E-state index is 0.0691. The van der Waals surface area contributed by atoms with Crippen LogP contribution in [0.5, 0.6) is 0 Å². The van der Waals surface area contributed by atoms with Gasteiger partial charge in [0.05, 0.1) is 11.6 Å². The fourth-order valence-corrected chi connectivity index (χ4v) is 3.23. The molecule has 0 aliphatic carbocycles. The Morgan fingerprint density at radius 3 is 2.59 bits per heavy atom. The van der Waals surface area contributed by atoms with Gasteiger partial charge in [-0.2, -0.15) is 5.26 Å². The molecule has 6 heteroatoms. The summed E-state index contributed by atoms with van der Waals surface area (Å²) in [5.74, 6) is 1.15. The SMILES string of the molecule is CN1CCCC1C(=O)N1CCN(c2ccc(C#N)cn2)CC1. The number of anilines is 1. The lowest BCUT2D eigenvalue weighted by Gasteiger charge is -2.37. The van der Waals surface area contributed by atoms with Crippen LogP contribution in [0.25, 0.3) is 0 Å². The van der Waals surface area contributed by atoms with Crippen LogP contribution in [-0.4, -0.2) is 66.5 Å². The van der Waals surface area contributed by atoms with Gasteiger partial charge in [-0.1, -0.05) is 0 Å². The largest absolute Gasteiger partial charge is 0.353 e. The fourth-order valence-electron chi connectivity index (χ4n) is 3.23. The molecule has 1 aromatic rings. The second-order valence-corrected chi connectivity index (χ2v) is 5.97. The molecule has 0 aromatic carbocycles. The minimum absolute atomic E-state index is 0.0691. The van der Waals surface area contributed by atoms with Gasteiger partial charge in [0, 0.05) is 32.4 Å². The van der Waals surface area contributed by atoms with Gasteiger partial charge in [0.25, 0.3) is 0 Å². The number of hydrogen-bond acceptors (Lipinski definition) is 5. The number of nitrogens with zero attached hydrogens (tertiary/aromatic N) is 5. The monoisotopic (exact) mass is 299 g/mol. The molecule has 2 aliphatic heterocycles. The summed E-state index contributed by atoms with van der Waals surface area (Å²) in [5, 5.41) is 8.81. The third-order valence-corrected chi connectivity index (χ3v) is 4.60. The Balaban J connectivity index is 1.58. The smallest absolute Gasteiger partial charge is 0.240 e. The summed E-state index contributed by atoms with van der Waals surface area (Å²) in [5.41, 5.74) is 0.571. The normalized spacial score (nSPS) is 22.6. The zero-order valence-electron chi connectivity index (χ0n) is 12.9. The maximum Gasteiger partial charge on any atom is 0.240 e. The zero-order chi connectivity index (χ0) is 15.5. The fraction of sp³-hybridized carbons (Fsp3) is 0.562. The molecule has 1 unspecified atom stereocenters. The first kappa shape index (κ1) is 14.8. The number of piperazine rings is 1. The molecule has 1 aromatic heterocycles. The topological polar surface area (TPSA) is 63.5 Å². The maximum atomic E-state index is 12.6. The lowest BCUT2D eigenvalue weighted by Crippen LogP contribution is -2.53. The molecule has 0 spiro atoms. The summed E-state index contributed by atoms with van der Waals surface area (Å²) in [4.78, 5) is 23.2. The molecule has 1 amide bonds. The van der Waals surface area contributed by atoms with Gasteiger partial charge in [-0.15, -0.1) is 0 Å². The standard InChI is InChI=1S/C16H21N5O/c1-19-6-2-3-14(19)16(22)21-9-7-20(8-10-21)15-5-4-13(11-17)12-18-15/h4-5,12,14H,2-3,6-10H2,1H3. The van der Waals surface area contributed by atoms with Gasteiger partial charge in [0.1, 0.15) is 11.9 Å². The van der Waals surface area contributed by atoms with Gasteiger partial charge < -0.3 is 9.80 Å². The van der Waals surface area contributed by atoms with Gasteiger partial charge in [-0.25, -0.2) is 4.98 Å². The van der Waals surface area contributed by atoms with Gasteiger partial charge in [0.15, 0.2) is 0 Å². The van der Waals surface area contributed by atoms with Crippen LogP contribution in [0, 0.1) is 11.3 Å². The second kappa shape index (κ2) is 6.32. The molecule has 116 valence electrons. The number of rotatable bonds is 2. The van der Waals surface area contributed by atoms with E-state index in [0.717, 1.165) is 51.4 Å². The molecule has 3 rings (SSSR count). The molecule has 22 heavy (non-hydrogen) atoms. The molecule has 0 radical (unpaired) electrons. The van der Waals surface area contributed by atoms with Crippen molar-refractivity contribution in [3.63, 3.8) is 0 Å². The van der Waals surface area contributed by atoms with E-state index >= 15 is 0 Å². The summed E-state index contributed by atoms with van der Waals surface area (Å²) in [6, 6.07) is 5.81. The van der Waals surface area contributed by atoms with Crippen LogP contribution in [0.3, 0.4) is 0 Å². The molecular weight excluding hydrogens is 278 g/mol. The van der Waals surface area contributed by atoms with Gasteiger partial charge >= 0.3 is 0 Å². The number of aromatic nitrogens is 1. The van der Waals surface area contributed by atoms with Crippen molar-refractivity contribution in [2.45, 2.75) is 18.9 Å². The predicted octanol–water partition coefficient (Wildman–Crippen LogP) is 0.696. The number of likely N-dealkylation sites (tertiary alicyclic amines) is 1. The van der Waals surface area contributed by atoms with E-state index < -0.39 is 0 Å². The van der Waals surface area contributed by atoms with Crippen molar-refractivity contribution in [3.8, 4) is 6.07 Å². The number of pyridine rings is 1. The molecule has 2 saturated heterocycles. The Hall–Kier alpha value is -2.13. The van der Waals surface area contributed by atoms with Gasteiger partial charge in [-0.05, 0) is 38.6 Å². The van der Waals surface area contributed by atoms with Crippen LogP contribution in [0.4, 0.5) is 5.82 Å². The molecule has 1 atom stereocenters. The lowest BCUT2D eigenvalue weighted by molar-refractivity contribution is -0.135. The van der Waals surface area contributed by atoms with Crippen molar-refractivity contribution in [3.05, 3.63) is 23.9 Å². The van der Waals surface area contributed by atoms with Crippen LogP contribution < -0.4 is 4.90 Å². The van der Waals surface area contributed by atoms with Crippen molar-refractivity contribution in [1.29, 1.82) is 5.26 Å². The van der Waals surface area contributed by atoms with E-state index in [1.54, 1.807) is 12.3 Å². The minimum Gasteiger partial charge on any atom is -0.353 e. The van der Waals surface area contributed by atoms with Crippen LogP contribution in [0.15, 0.2) is 18.3 Å². The highest BCUT2D eigenvalue weighted by molar-refractivity contribution is 5.82. The first-order valence-electron chi connectivity index (χ1n) is 7.79. The van der Waals surface area contributed by atoms with Gasteiger partial charge in [-0.3, -0.25) is 9.69 Å². The summed E-state index contributed by atoms with van der Waals surface area (Å²) in [6.07, 6.45) is 3.69. The van der Waals surface area contributed by atoms with Crippen molar-refractivity contribution >= 4 is 11.7 Å². The van der Waals surface area contributed by atoms with Crippen LogP contribution in [0.1, 0.15) is 18.4 Å². The van der Waals surface area contributed by atoms with E-state index in [1.165, 1.54) is 0 Å². The van der Waals surface area contributed by atoms with E-state index in [2.05, 4.69) is 20.9 Å². The number of carbonyl (C=O) groups excluding carboxylic acids is 1.